The van der Waals surface area contributed by atoms with Crippen LogP contribution < -0.4 is 5.32 Å². The van der Waals surface area contributed by atoms with Crippen LogP contribution in [-0.4, -0.2) is 23.2 Å². The number of carbonyl (C=O) groups is 2. The molecule has 0 spiro atoms. The number of Topliss-reactive ketones (excluding diaryl/α,β-unsaturated/α-hetero) is 1. The first-order valence-corrected chi connectivity index (χ1v) is 8.58. The molecule has 0 bridgehead atoms. The van der Waals surface area contributed by atoms with E-state index in [2.05, 4.69) is 22.9 Å². The topological polar surface area (TPSA) is 59.1 Å². The molecule has 0 atom stereocenters. The van der Waals surface area contributed by atoms with E-state index in [1.54, 1.807) is 24.5 Å². The molecule has 0 aliphatic heterocycles. The van der Waals surface area contributed by atoms with Gasteiger partial charge in [0, 0.05) is 36.7 Å². The molecule has 0 aliphatic carbocycles. The number of pyridine rings is 1. The third kappa shape index (κ3) is 6.16. The van der Waals surface area contributed by atoms with E-state index in [9.17, 15) is 9.59 Å². The molecule has 0 radical (unpaired) electrons. The molecule has 24 heavy (non-hydrogen) atoms. The Morgan fingerprint density at radius 2 is 1.88 bits per heavy atom. The van der Waals surface area contributed by atoms with Gasteiger partial charge in [-0.15, -0.1) is 12.6 Å². The van der Waals surface area contributed by atoms with Gasteiger partial charge in [-0.25, -0.2) is 0 Å². The zero-order chi connectivity index (χ0) is 17.2. The summed E-state index contributed by atoms with van der Waals surface area (Å²) in [6.07, 6.45) is 7.08. The van der Waals surface area contributed by atoms with Crippen molar-refractivity contribution in [2.45, 2.75) is 37.0 Å². The maximum absolute atomic E-state index is 12.0. The van der Waals surface area contributed by atoms with E-state index < -0.39 is 0 Å². The van der Waals surface area contributed by atoms with E-state index in [-0.39, 0.29) is 11.7 Å². The normalized spacial score (nSPS) is 10.4. The third-order valence-corrected chi connectivity index (χ3v) is 4.08. The van der Waals surface area contributed by atoms with Crippen LogP contribution in [-0.2, 0) is 11.2 Å². The largest absolute Gasteiger partial charge is 0.352 e. The minimum absolute atomic E-state index is 0.103. The second kappa shape index (κ2) is 9.88. The number of carbonyl (C=O) groups excluding carboxylic acids is 2. The fraction of sp³-hybridized carbons (Fsp3) is 0.316. The number of nitrogens with zero attached hydrogens (tertiary/aromatic N) is 1. The van der Waals surface area contributed by atoms with Crippen LogP contribution in [0.5, 0.6) is 0 Å². The van der Waals surface area contributed by atoms with Gasteiger partial charge in [0.15, 0.2) is 0 Å². The summed E-state index contributed by atoms with van der Waals surface area (Å²) in [5, 5.41) is 2.89. The molecule has 126 valence electrons. The summed E-state index contributed by atoms with van der Waals surface area (Å²) in [4.78, 5) is 28.5. The van der Waals surface area contributed by atoms with Gasteiger partial charge in [0.2, 0.25) is 0 Å². The minimum atomic E-state index is -0.103. The Kier molecular flexibility index (Phi) is 7.49. The Hall–Kier alpha value is -2.14. The Bertz CT molecular complexity index is 674. The van der Waals surface area contributed by atoms with Crippen molar-refractivity contribution in [2.24, 2.45) is 0 Å². The molecule has 0 saturated carbocycles. The summed E-state index contributed by atoms with van der Waals surface area (Å²) >= 11 is 4.28. The van der Waals surface area contributed by atoms with Crippen molar-refractivity contribution >= 4 is 24.3 Å². The first-order valence-electron chi connectivity index (χ1n) is 8.13. The number of thiol groups is 1. The average molecular weight is 342 g/mol. The first kappa shape index (κ1) is 18.2. The SMILES string of the molecule is O=C(CCCCCNC(=O)c1ccccc1S)Cc1cccnc1. The summed E-state index contributed by atoms with van der Waals surface area (Å²) in [6, 6.07) is 11.0. The van der Waals surface area contributed by atoms with Crippen LogP contribution in [0.4, 0.5) is 0 Å². The van der Waals surface area contributed by atoms with Crippen molar-refractivity contribution < 1.29 is 9.59 Å². The van der Waals surface area contributed by atoms with Crippen molar-refractivity contribution in [1.29, 1.82) is 0 Å². The van der Waals surface area contributed by atoms with Gasteiger partial charge in [0.05, 0.1) is 5.56 Å². The summed E-state index contributed by atoms with van der Waals surface area (Å²) in [6.45, 7) is 0.609. The maximum atomic E-state index is 12.0. The molecule has 2 aromatic rings. The Balaban J connectivity index is 1.58. The fourth-order valence-corrected chi connectivity index (χ4v) is 2.67. The van der Waals surface area contributed by atoms with Gasteiger partial charge >= 0.3 is 0 Å². The second-order valence-electron chi connectivity index (χ2n) is 5.66. The highest BCUT2D eigenvalue weighted by Crippen LogP contribution is 2.12. The molecule has 1 amide bonds. The molecular formula is C19H22N2O2S. The number of hydrogen-bond donors (Lipinski definition) is 2. The predicted molar refractivity (Wildman–Crippen MR) is 97.4 cm³/mol. The van der Waals surface area contributed by atoms with Crippen molar-refractivity contribution in [2.75, 3.05) is 6.54 Å². The zero-order valence-electron chi connectivity index (χ0n) is 13.6. The van der Waals surface area contributed by atoms with E-state index in [0.29, 0.717) is 29.8 Å². The number of benzene rings is 1. The zero-order valence-corrected chi connectivity index (χ0v) is 14.5. The fourth-order valence-electron chi connectivity index (χ4n) is 2.41. The monoisotopic (exact) mass is 342 g/mol. The van der Waals surface area contributed by atoms with Crippen molar-refractivity contribution in [3.8, 4) is 0 Å². The molecule has 1 aromatic heterocycles. The molecule has 5 heteroatoms. The lowest BCUT2D eigenvalue weighted by Gasteiger charge is -2.07. The smallest absolute Gasteiger partial charge is 0.252 e. The lowest BCUT2D eigenvalue weighted by molar-refractivity contribution is -0.118. The standard InChI is InChI=1S/C19H22N2O2S/c22-16(13-15-7-6-11-20-14-15)8-2-1-5-12-21-19(23)17-9-3-4-10-18(17)24/h3-4,6-7,9-11,14,24H,1-2,5,8,12-13H2,(H,21,23). The predicted octanol–water partition coefficient (Wildman–Crippen LogP) is 3.47. The molecule has 0 saturated heterocycles. The molecular weight excluding hydrogens is 320 g/mol. The van der Waals surface area contributed by atoms with Crippen LogP contribution in [0.3, 0.4) is 0 Å². The van der Waals surface area contributed by atoms with Crippen LogP contribution in [0.15, 0.2) is 53.7 Å². The average Bonchev–Trinajstić information content (AvgIpc) is 2.59. The van der Waals surface area contributed by atoms with Crippen molar-refractivity contribution in [1.82, 2.24) is 10.3 Å². The van der Waals surface area contributed by atoms with Gasteiger partial charge in [-0.3, -0.25) is 14.6 Å². The molecule has 2 rings (SSSR count). The van der Waals surface area contributed by atoms with Crippen LogP contribution in [0.1, 0.15) is 41.6 Å². The highest BCUT2D eigenvalue weighted by atomic mass is 32.1. The van der Waals surface area contributed by atoms with E-state index in [0.717, 1.165) is 24.8 Å². The molecule has 0 fully saturated rings. The van der Waals surface area contributed by atoms with E-state index in [1.165, 1.54) is 0 Å². The summed E-state index contributed by atoms with van der Waals surface area (Å²) in [5.41, 5.74) is 1.55. The van der Waals surface area contributed by atoms with Crippen molar-refractivity contribution in [3.05, 3.63) is 59.9 Å². The Morgan fingerprint density at radius 1 is 1.04 bits per heavy atom. The van der Waals surface area contributed by atoms with Crippen molar-refractivity contribution in [3.63, 3.8) is 0 Å². The molecule has 1 aromatic carbocycles. The molecule has 1 N–H and O–H groups in total. The van der Waals surface area contributed by atoms with Crippen LogP contribution in [0.2, 0.25) is 0 Å². The van der Waals surface area contributed by atoms with Crippen LogP contribution in [0.25, 0.3) is 0 Å². The maximum Gasteiger partial charge on any atom is 0.252 e. The van der Waals surface area contributed by atoms with Crippen LogP contribution >= 0.6 is 12.6 Å². The van der Waals surface area contributed by atoms with Gasteiger partial charge in [0.25, 0.3) is 5.91 Å². The quantitative estimate of drug-likeness (QED) is 0.542. The van der Waals surface area contributed by atoms with Gasteiger partial charge in [0.1, 0.15) is 5.78 Å². The number of hydrogen-bond acceptors (Lipinski definition) is 4. The minimum Gasteiger partial charge on any atom is -0.352 e. The number of aromatic nitrogens is 1. The summed E-state index contributed by atoms with van der Waals surface area (Å²) in [5.74, 6) is 0.129. The van der Waals surface area contributed by atoms with Gasteiger partial charge in [-0.05, 0) is 36.6 Å². The second-order valence-corrected chi connectivity index (χ2v) is 6.14. The lowest BCUT2D eigenvalue weighted by atomic mass is 10.1. The highest BCUT2D eigenvalue weighted by Gasteiger charge is 2.08. The van der Waals surface area contributed by atoms with E-state index >= 15 is 0 Å². The van der Waals surface area contributed by atoms with E-state index in [4.69, 9.17) is 0 Å². The molecule has 4 nitrogen and oxygen atoms in total. The van der Waals surface area contributed by atoms with Gasteiger partial charge in [-0.1, -0.05) is 24.6 Å². The molecule has 1 heterocycles. The van der Waals surface area contributed by atoms with Gasteiger partial charge < -0.3 is 5.32 Å². The molecule has 0 unspecified atom stereocenters. The highest BCUT2D eigenvalue weighted by molar-refractivity contribution is 7.80. The third-order valence-electron chi connectivity index (χ3n) is 3.69. The number of ketones is 1. The number of nitrogens with one attached hydrogen (secondary N) is 1. The van der Waals surface area contributed by atoms with E-state index in [1.807, 2.05) is 24.3 Å². The van der Waals surface area contributed by atoms with Crippen LogP contribution in [0, 0.1) is 0 Å². The van der Waals surface area contributed by atoms with Gasteiger partial charge in [-0.2, -0.15) is 0 Å². The first-order chi connectivity index (χ1) is 11.7. The number of amides is 1. The lowest BCUT2D eigenvalue weighted by Crippen LogP contribution is -2.24. The molecule has 0 aliphatic rings. The Labute approximate surface area is 148 Å². The Morgan fingerprint density at radius 3 is 2.62 bits per heavy atom. The number of rotatable bonds is 9. The summed E-state index contributed by atoms with van der Waals surface area (Å²) in [7, 11) is 0. The summed E-state index contributed by atoms with van der Waals surface area (Å²) < 4.78 is 0. The number of unbranched alkanes of at least 4 members (excludes halogenated alkanes) is 2.